The van der Waals surface area contributed by atoms with Crippen LogP contribution >= 0.6 is 0 Å². The van der Waals surface area contributed by atoms with Gasteiger partial charge in [0.05, 0.1) is 0 Å². The first kappa shape index (κ1) is 23.8. The molecule has 0 saturated heterocycles. The van der Waals surface area contributed by atoms with Crippen LogP contribution in [0.5, 0.6) is 0 Å². The SMILES string of the molecule is CC(C)[N]=[Nb].CC1CC[CH-]CC1.CC1CC[CH-]CC1.[CH2-]C. The van der Waals surface area contributed by atoms with Crippen molar-refractivity contribution in [2.45, 2.75) is 92.0 Å². The maximum Gasteiger partial charge on any atom is -0.0491 e. The zero-order valence-electron chi connectivity index (χ0n) is 15.1. The maximum atomic E-state index is 3.94. The fourth-order valence-corrected chi connectivity index (χ4v) is 2.19. The summed E-state index contributed by atoms with van der Waals surface area (Å²) >= 11 is 1.53. The minimum absolute atomic E-state index is 0.531. The zero-order chi connectivity index (χ0) is 16.5. The van der Waals surface area contributed by atoms with Gasteiger partial charge < -0.3 is 19.8 Å². The van der Waals surface area contributed by atoms with Crippen LogP contribution in [-0.2, 0) is 20.9 Å². The molecule has 2 rings (SSSR count). The van der Waals surface area contributed by atoms with E-state index in [1.165, 1.54) is 72.3 Å². The summed E-state index contributed by atoms with van der Waals surface area (Å²) in [5.41, 5.74) is 0. The summed E-state index contributed by atoms with van der Waals surface area (Å²) in [6.07, 6.45) is 16.0. The molecule has 2 aliphatic carbocycles. The van der Waals surface area contributed by atoms with Gasteiger partial charge in [0.2, 0.25) is 0 Å². The van der Waals surface area contributed by atoms with Crippen LogP contribution in [0.25, 0.3) is 0 Å². The van der Waals surface area contributed by atoms with Crippen molar-refractivity contribution in [3.63, 3.8) is 0 Å². The molecule has 0 atom stereocenters. The Balaban J connectivity index is 0. The van der Waals surface area contributed by atoms with Crippen LogP contribution in [0.3, 0.4) is 0 Å². The molecule has 21 heavy (non-hydrogen) atoms. The quantitative estimate of drug-likeness (QED) is 0.355. The minimum Gasteiger partial charge on any atom is -0.346 e. The second-order valence-electron chi connectivity index (χ2n) is 6.31. The van der Waals surface area contributed by atoms with E-state index < -0.39 is 0 Å². The Hall–Kier alpha value is 0.540. The van der Waals surface area contributed by atoms with Crippen molar-refractivity contribution in [1.29, 1.82) is 0 Å². The molecule has 0 aromatic rings. The van der Waals surface area contributed by atoms with Crippen LogP contribution < -0.4 is 0 Å². The Morgan fingerprint density at radius 3 is 1.19 bits per heavy atom. The van der Waals surface area contributed by atoms with Crippen molar-refractivity contribution >= 4 is 0 Å². The fraction of sp³-hybridized carbons (Fsp3) is 0.842. The third-order valence-electron chi connectivity index (χ3n) is 3.69. The van der Waals surface area contributed by atoms with Gasteiger partial charge in [-0.25, -0.2) is 0 Å². The van der Waals surface area contributed by atoms with Gasteiger partial charge in [-0.2, -0.15) is 32.6 Å². The van der Waals surface area contributed by atoms with Gasteiger partial charge in [0, 0.05) is 0 Å². The molecule has 1 nitrogen and oxygen atoms in total. The van der Waals surface area contributed by atoms with Crippen molar-refractivity contribution in [1.82, 2.24) is 0 Å². The predicted molar refractivity (Wildman–Crippen MR) is 92.5 cm³/mol. The largest absolute Gasteiger partial charge is 0.346 e. The van der Waals surface area contributed by atoms with Gasteiger partial charge in [-0.15, -0.1) is 0 Å². The first-order valence-electron chi connectivity index (χ1n) is 8.74. The van der Waals surface area contributed by atoms with Gasteiger partial charge in [-0.05, 0) is 11.8 Å². The first-order chi connectivity index (χ1) is 10.1. The van der Waals surface area contributed by atoms with E-state index in [1.807, 2.05) is 0 Å². The van der Waals surface area contributed by atoms with E-state index in [-0.39, 0.29) is 0 Å². The van der Waals surface area contributed by atoms with Crippen molar-refractivity contribution in [2.75, 3.05) is 0 Å². The molecule has 2 fully saturated rings. The van der Waals surface area contributed by atoms with E-state index in [0.29, 0.717) is 6.04 Å². The van der Waals surface area contributed by atoms with E-state index in [9.17, 15) is 0 Å². The Bertz CT molecular complexity index is 176. The van der Waals surface area contributed by atoms with Crippen LogP contribution in [-0.4, -0.2) is 6.04 Å². The first-order valence-corrected chi connectivity index (χ1v) is 9.72. The van der Waals surface area contributed by atoms with Gasteiger partial charge in [-0.1, -0.05) is 39.5 Å². The molecular weight excluding hydrogens is 335 g/mol. The molecular formula is C19H38NNb-3. The molecule has 2 saturated carbocycles. The molecule has 2 aliphatic rings. The predicted octanol–water partition coefficient (Wildman–Crippen LogP) is 6.77. The minimum atomic E-state index is 0.531. The average molecular weight is 373 g/mol. The summed E-state index contributed by atoms with van der Waals surface area (Å²) in [6, 6.07) is 0.531. The topological polar surface area (TPSA) is 12.4 Å². The second-order valence-corrected chi connectivity index (χ2v) is 6.87. The van der Waals surface area contributed by atoms with E-state index in [4.69, 9.17) is 0 Å². The molecule has 127 valence electrons. The fourth-order valence-electron chi connectivity index (χ4n) is 2.19. The summed E-state index contributed by atoms with van der Waals surface area (Å²) in [6.45, 7) is 13.8. The Kier molecular flexibility index (Phi) is 21.1. The molecule has 0 radical (unpaired) electrons. The number of hydrogen-bond donors (Lipinski definition) is 0. The average Bonchev–Trinajstić information content (AvgIpc) is 2.52. The third kappa shape index (κ3) is 20.5. The summed E-state index contributed by atoms with van der Waals surface area (Å²) < 4.78 is 3.94. The van der Waals surface area contributed by atoms with E-state index in [0.717, 1.165) is 11.8 Å². The van der Waals surface area contributed by atoms with Gasteiger partial charge in [-0.3, -0.25) is 0 Å². The van der Waals surface area contributed by atoms with E-state index >= 15 is 0 Å². The van der Waals surface area contributed by atoms with Gasteiger partial charge in [0.25, 0.3) is 0 Å². The zero-order valence-corrected chi connectivity index (χ0v) is 17.3. The normalized spacial score (nSPS) is 19.1. The molecule has 0 unspecified atom stereocenters. The van der Waals surface area contributed by atoms with Crippen LogP contribution in [0.4, 0.5) is 0 Å². The van der Waals surface area contributed by atoms with E-state index in [2.05, 4.69) is 50.8 Å². The molecule has 0 aromatic carbocycles. The van der Waals surface area contributed by atoms with Gasteiger partial charge in [0.1, 0.15) is 0 Å². The molecule has 0 aromatic heterocycles. The van der Waals surface area contributed by atoms with Gasteiger partial charge >= 0.3 is 44.1 Å². The molecule has 2 heteroatoms. The molecule has 0 aliphatic heterocycles. The van der Waals surface area contributed by atoms with Crippen molar-refractivity contribution < 1.29 is 20.9 Å². The Labute approximate surface area is 147 Å². The van der Waals surface area contributed by atoms with Crippen LogP contribution in [0.15, 0.2) is 3.34 Å². The standard InChI is InChI=1S/2C7H13.C3H7N.C2H5.Nb/c2*1-7-5-3-2-4-6-7;1-3(2)4;1-2;/h2*2,7H,3-6H2,1H3;3H,1-2H3;1H2,2H3;/q2*-1;;-1;. The van der Waals surface area contributed by atoms with Crippen molar-refractivity contribution in [2.24, 2.45) is 15.2 Å². The van der Waals surface area contributed by atoms with Crippen LogP contribution in [0.1, 0.15) is 86.0 Å². The number of nitrogens with zero attached hydrogens (tertiary/aromatic N) is 1. The maximum absolute atomic E-state index is 3.94. The molecule has 0 bridgehead atoms. The van der Waals surface area contributed by atoms with Crippen molar-refractivity contribution in [3.05, 3.63) is 19.8 Å². The van der Waals surface area contributed by atoms with Crippen LogP contribution in [0.2, 0.25) is 0 Å². The molecule has 0 spiro atoms. The Morgan fingerprint density at radius 2 is 1.10 bits per heavy atom. The summed E-state index contributed by atoms with van der Waals surface area (Å²) in [7, 11) is 0. The number of rotatable bonds is 1. The van der Waals surface area contributed by atoms with Crippen molar-refractivity contribution in [3.8, 4) is 0 Å². The number of hydrogen-bond acceptors (Lipinski definition) is 1. The van der Waals surface area contributed by atoms with Gasteiger partial charge in [0.15, 0.2) is 0 Å². The summed E-state index contributed by atoms with van der Waals surface area (Å²) in [4.78, 5) is 0. The Morgan fingerprint density at radius 1 is 0.857 bits per heavy atom. The third-order valence-corrected chi connectivity index (χ3v) is 4.82. The monoisotopic (exact) mass is 373 g/mol. The summed E-state index contributed by atoms with van der Waals surface area (Å²) in [5, 5.41) is 0. The molecule has 0 amide bonds. The molecule has 0 N–H and O–H groups in total. The molecule has 0 heterocycles. The summed E-state index contributed by atoms with van der Waals surface area (Å²) in [5.74, 6) is 2.01. The van der Waals surface area contributed by atoms with Crippen LogP contribution in [0, 0.1) is 31.6 Å². The van der Waals surface area contributed by atoms with E-state index in [1.54, 1.807) is 6.92 Å². The second kappa shape index (κ2) is 18.6. The smallest absolute Gasteiger partial charge is 0.0491 e.